The third-order valence-electron chi connectivity index (χ3n) is 6.52. The fourth-order valence-electron chi connectivity index (χ4n) is 5.54. The highest BCUT2D eigenvalue weighted by Crippen LogP contribution is 2.37. The number of nitrogens with zero attached hydrogens (tertiary/aromatic N) is 1. The maximum atomic E-state index is 3.78. The Morgan fingerprint density at radius 1 is 0.895 bits per heavy atom. The molecule has 3 aliphatic heterocycles. The number of hydrogen-bond donors (Lipinski definition) is 1. The van der Waals surface area contributed by atoms with E-state index >= 15 is 0 Å². The molecule has 1 aliphatic carbocycles. The molecule has 0 amide bonds. The molecule has 4 atom stereocenters. The number of piperidine rings is 1. The number of rotatable bonds is 3. The average Bonchev–Trinajstić information content (AvgIpc) is 3.00. The van der Waals surface area contributed by atoms with Gasteiger partial charge < -0.3 is 10.2 Å². The summed E-state index contributed by atoms with van der Waals surface area (Å²) in [6.45, 7) is 2.82. The molecule has 2 nitrogen and oxygen atoms in total. The summed E-state index contributed by atoms with van der Waals surface area (Å²) in [6.07, 6.45) is 14.9. The Morgan fingerprint density at radius 2 is 1.68 bits per heavy atom. The van der Waals surface area contributed by atoms with E-state index in [0.29, 0.717) is 0 Å². The molecule has 3 saturated heterocycles. The quantitative estimate of drug-likeness (QED) is 0.840. The van der Waals surface area contributed by atoms with Gasteiger partial charge in [-0.15, -0.1) is 0 Å². The van der Waals surface area contributed by atoms with Crippen LogP contribution in [0.3, 0.4) is 0 Å². The standard InChI is InChI=1S/C17H30N2/c1-2-4-17-14(3-1)8-10-19(17)9-7-13-11-15-5-6-16(12-13)18-15/h13-18H,1-12H2. The molecule has 0 aromatic rings. The van der Waals surface area contributed by atoms with Gasteiger partial charge >= 0.3 is 0 Å². The Balaban J connectivity index is 1.28. The van der Waals surface area contributed by atoms with E-state index in [1.165, 1.54) is 77.3 Å². The summed E-state index contributed by atoms with van der Waals surface area (Å²) in [6, 6.07) is 2.74. The Morgan fingerprint density at radius 3 is 2.53 bits per heavy atom. The first-order valence-electron chi connectivity index (χ1n) is 8.88. The average molecular weight is 262 g/mol. The van der Waals surface area contributed by atoms with E-state index in [-0.39, 0.29) is 0 Å². The van der Waals surface area contributed by atoms with E-state index < -0.39 is 0 Å². The van der Waals surface area contributed by atoms with Crippen LogP contribution in [0.1, 0.15) is 64.2 Å². The van der Waals surface area contributed by atoms with Crippen molar-refractivity contribution in [2.24, 2.45) is 11.8 Å². The zero-order chi connectivity index (χ0) is 12.7. The molecule has 19 heavy (non-hydrogen) atoms. The normalized spacial score (nSPS) is 46.4. The fraction of sp³-hybridized carbons (Fsp3) is 1.00. The predicted octanol–water partition coefficient (Wildman–Crippen LogP) is 3.17. The Kier molecular flexibility index (Phi) is 3.57. The molecule has 1 saturated carbocycles. The van der Waals surface area contributed by atoms with Gasteiger partial charge in [0.05, 0.1) is 0 Å². The molecule has 0 spiro atoms. The Labute approximate surface area is 118 Å². The summed E-state index contributed by atoms with van der Waals surface area (Å²) in [5, 5.41) is 3.78. The van der Waals surface area contributed by atoms with Crippen molar-refractivity contribution in [2.45, 2.75) is 82.3 Å². The highest BCUT2D eigenvalue weighted by atomic mass is 15.2. The van der Waals surface area contributed by atoms with Gasteiger partial charge in [0.1, 0.15) is 0 Å². The number of nitrogens with one attached hydrogen (secondary N) is 1. The molecule has 108 valence electrons. The van der Waals surface area contributed by atoms with Crippen molar-refractivity contribution in [1.29, 1.82) is 0 Å². The second-order valence-corrected chi connectivity index (χ2v) is 7.70. The van der Waals surface area contributed by atoms with Crippen molar-refractivity contribution in [3.05, 3.63) is 0 Å². The van der Waals surface area contributed by atoms with Gasteiger partial charge in [-0.3, -0.25) is 0 Å². The number of likely N-dealkylation sites (tertiary alicyclic amines) is 1. The predicted molar refractivity (Wildman–Crippen MR) is 79.2 cm³/mol. The van der Waals surface area contributed by atoms with Gasteiger partial charge in [-0.25, -0.2) is 0 Å². The zero-order valence-corrected chi connectivity index (χ0v) is 12.3. The van der Waals surface area contributed by atoms with E-state index in [1.54, 1.807) is 0 Å². The molecule has 2 bridgehead atoms. The van der Waals surface area contributed by atoms with Crippen molar-refractivity contribution < 1.29 is 0 Å². The van der Waals surface area contributed by atoms with Crippen molar-refractivity contribution in [1.82, 2.24) is 10.2 Å². The van der Waals surface area contributed by atoms with Crippen molar-refractivity contribution in [3.63, 3.8) is 0 Å². The topological polar surface area (TPSA) is 15.3 Å². The monoisotopic (exact) mass is 262 g/mol. The van der Waals surface area contributed by atoms with E-state index in [1.807, 2.05) is 0 Å². The lowest BCUT2D eigenvalue weighted by Gasteiger charge is -2.34. The van der Waals surface area contributed by atoms with Crippen LogP contribution in [0.15, 0.2) is 0 Å². The van der Waals surface area contributed by atoms with Crippen LogP contribution < -0.4 is 5.32 Å². The van der Waals surface area contributed by atoms with Crippen LogP contribution in [0.2, 0.25) is 0 Å². The van der Waals surface area contributed by atoms with Crippen LogP contribution >= 0.6 is 0 Å². The summed E-state index contributed by atoms with van der Waals surface area (Å²) < 4.78 is 0. The molecule has 1 N–H and O–H groups in total. The molecular formula is C17H30N2. The van der Waals surface area contributed by atoms with E-state index in [0.717, 1.165) is 30.0 Å². The summed E-state index contributed by atoms with van der Waals surface area (Å²) >= 11 is 0. The molecule has 2 heteroatoms. The van der Waals surface area contributed by atoms with Gasteiger partial charge in [-0.1, -0.05) is 12.8 Å². The molecule has 4 aliphatic rings. The smallest absolute Gasteiger partial charge is 0.0124 e. The van der Waals surface area contributed by atoms with Gasteiger partial charge in [0, 0.05) is 18.1 Å². The summed E-state index contributed by atoms with van der Waals surface area (Å²) in [5.41, 5.74) is 0. The lowest BCUT2D eigenvalue weighted by Crippen LogP contribution is -2.40. The minimum atomic E-state index is 0.879. The molecule has 4 unspecified atom stereocenters. The summed E-state index contributed by atoms with van der Waals surface area (Å²) in [5.74, 6) is 2.10. The maximum absolute atomic E-state index is 3.78. The first-order chi connectivity index (χ1) is 9.38. The largest absolute Gasteiger partial charge is 0.311 e. The highest BCUT2D eigenvalue weighted by molar-refractivity contribution is 4.93. The Hall–Kier alpha value is -0.0800. The highest BCUT2D eigenvalue weighted by Gasteiger charge is 2.37. The lowest BCUT2D eigenvalue weighted by atomic mass is 9.85. The minimum absolute atomic E-state index is 0.879. The van der Waals surface area contributed by atoms with Gasteiger partial charge in [0.2, 0.25) is 0 Å². The molecule has 3 heterocycles. The number of hydrogen-bond acceptors (Lipinski definition) is 2. The van der Waals surface area contributed by atoms with Crippen molar-refractivity contribution in [2.75, 3.05) is 13.1 Å². The van der Waals surface area contributed by atoms with Gasteiger partial charge in [-0.05, 0) is 76.3 Å². The maximum Gasteiger partial charge on any atom is 0.0124 e. The summed E-state index contributed by atoms with van der Waals surface area (Å²) in [4.78, 5) is 2.87. The van der Waals surface area contributed by atoms with Crippen LogP contribution in [0, 0.1) is 11.8 Å². The van der Waals surface area contributed by atoms with Gasteiger partial charge in [-0.2, -0.15) is 0 Å². The van der Waals surface area contributed by atoms with E-state index in [2.05, 4.69) is 10.2 Å². The van der Waals surface area contributed by atoms with Gasteiger partial charge in [0.25, 0.3) is 0 Å². The van der Waals surface area contributed by atoms with Crippen LogP contribution in [0.25, 0.3) is 0 Å². The molecule has 0 radical (unpaired) electrons. The zero-order valence-electron chi connectivity index (χ0n) is 12.3. The fourth-order valence-corrected chi connectivity index (χ4v) is 5.54. The number of fused-ring (bicyclic) bond motifs is 3. The second kappa shape index (κ2) is 5.37. The van der Waals surface area contributed by atoms with Crippen LogP contribution in [0.5, 0.6) is 0 Å². The summed E-state index contributed by atoms with van der Waals surface area (Å²) in [7, 11) is 0. The molecular weight excluding hydrogens is 232 g/mol. The van der Waals surface area contributed by atoms with Gasteiger partial charge in [0.15, 0.2) is 0 Å². The SMILES string of the molecule is C1CCC2C(C1)CCN2CCC1CC2CCC(C1)N2. The third kappa shape index (κ3) is 2.58. The molecule has 0 aromatic heterocycles. The van der Waals surface area contributed by atoms with Crippen LogP contribution in [-0.4, -0.2) is 36.1 Å². The molecule has 0 aromatic carbocycles. The minimum Gasteiger partial charge on any atom is -0.311 e. The van der Waals surface area contributed by atoms with Crippen LogP contribution in [-0.2, 0) is 0 Å². The Bertz CT molecular complexity index is 304. The van der Waals surface area contributed by atoms with E-state index in [4.69, 9.17) is 0 Å². The van der Waals surface area contributed by atoms with Crippen molar-refractivity contribution in [3.8, 4) is 0 Å². The first kappa shape index (κ1) is 12.6. The second-order valence-electron chi connectivity index (χ2n) is 7.70. The van der Waals surface area contributed by atoms with Crippen molar-refractivity contribution >= 4 is 0 Å². The van der Waals surface area contributed by atoms with Crippen LogP contribution in [0.4, 0.5) is 0 Å². The third-order valence-corrected chi connectivity index (χ3v) is 6.52. The van der Waals surface area contributed by atoms with E-state index in [9.17, 15) is 0 Å². The first-order valence-corrected chi connectivity index (χ1v) is 8.88. The molecule has 4 fully saturated rings. The molecule has 4 rings (SSSR count). The lowest BCUT2D eigenvalue weighted by molar-refractivity contribution is 0.162.